The standard InChI is InChI=1S/C27H31NO7S/c1-27(2,3)35-26(31)23(18-19-13-15-21(16-14-19)34-17-7-12-25(29)30)28-36(32,33)24-11-6-9-20-8-4-5-10-22(20)24/h4-6,8-11,13-16,23,28H,7,12,17-18H2,1-3H3,(H,29,30)/t23-/m0/s1. The van der Waals surface area contributed by atoms with Crippen molar-refractivity contribution < 1.29 is 32.6 Å². The van der Waals surface area contributed by atoms with Crippen molar-refractivity contribution in [3.8, 4) is 5.75 Å². The summed E-state index contributed by atoms with van der Waals surface area (Å²) in [6.07, 6.45) is 0.471. The Bertz CT molecular complexity index is 1310. The lowest BCUT2D eigenvalue weighted by Crippen LogP contribution is -2.45. The fraction of sp³-hybridized carbons (Fsp3) is 0.333. The molecule has 0 bridgehead atoms. The zero-order valence-corrected chi connectivity index (χ0v) is 21.4. The lowest BCUT2D eigenvalue weighted by Gasteiger charge is -2.25. The number of carbonyl (C=O) groups is 2. The fourth-order valence-electron chi connectivity index (χ4n) is 3.60. The van der Waals surface area contributed by atoms with Crippen LogP contribution < -0.4 is 9.46 Å². The molecule has 3 rings (SSSR count). The number of aliphatic carboxylic acids is 1. The number of hydrogen-bond acceptors (Lipinski definition) is 6. The third-order valence-corrected chi connectivity index (χ3v) is 6.72. The van der Waals surface area contributed by atoms with Crippen molar-refractivity contribution in [1.29, 1.82) is 0 Å². The molecule has 0 spiro atoms. The van der Waals surface area contributed by atoms with Crippen LogP contribution in [0.15, 0.2) is 71.6 Å². The van der Waals surface area contributed by atoms with Gasteiger partial charge in [-0.1, -0.05) is 48.5 Å². The molecule has 0 aliphatic heterocycles. The van der Waals surface area contributed by atoms with Crippen molar-refractivity contribution >= 4 is 32.7 Å². The molecule has 3 aromatic rings. The molecule has 2 N–H and O–H groups in total. The maximum Gasteiger partial charge on any atom is 0.325 e. The minimum atomic E-state index is -4.06. The average molecular weight is 514 g/mol. The van der Waals surface area contributed by atoms with Crippen LogP contribution in [0.25, 0.3) is 10.8 Å². The predicted octanol–water partition coefficient (Wildman–Crippen LogP) is 4.31. The van der Waals surface area contributed by atoms with Crippen LogP contribution in [0, 0.1) is 0 Å². The van der Waals surface area contributed by atoms with Crippen LogP contribution in [-0.4, -0.2) is 43.7 Å². The van der Waals surface area contributed by atoms with E-state index in [-0.39, 0.29) is 24.3 Å². The molecule has 0 saturated heterocycles. The highest BCUT2D eigenvalue weighted by atomic mass is 32.2. The van der Waals surface area contributed by atoms with Gasteiger partial charge in [-0.05, 0) is 62.8 Å². The Kier molecular flexibility index (Phi) is 8.70. The molecular formula is C27H31NO7S. The number of ether oxygens (including phenoxy) is 2. The molecule has 0 unspecified atom stereocenters. The highest BCUT2D eigenvalue weighted by molar-refractivity contribution is 7.89. The summed E-state index contributed by atoms with van der Waals surface area (Å²) >= 11 is 0. The Balaban J connectivity index is 1.80. The molecule has 0 aromatic heterocycles. The van der Waals surface area contributed by atoms with Gasteiger partial charge in [0, 0.05) is 11.8 Å². The summed E-state index contributed by atoms with van der Waals surface area (Å²) in [6.45, 7) is 5.42. The van der Waals surface area contributed by atoms with Crippen LogP contribution in [0.3, 0.4) is 0 Å². The summed E-state index contributed by atoms with van der Waals surface area (Å²) in [5, 5.41) is 10.0. The second-order valence-electron chi connectivity index (χ2n) is 9.38. The van der Waals surface area contributed by atoms with Crippen LogP contribution >= 0.6 is 0 Å². The lowest BCUT2D eigenvalue weighted by molar-refractivity contribution is -0.156. The first-order chi connectivity index (χ1) is 16.9. The third-order valence-electron chi connectivity index (χ3n) is 5.19. The van der Waals surface area contributed by atoms with E-state index in [2.05, 4.69) is 4.72 Å². The van der Waals surface area contributed by atoms with Crippen molar-refractivity contribution in [2.24, 2.45) is 0 Å². The van der Waals surface area contributed by atoms with Gasteiger partial charge in [0.15, 0.2) is 0 Å². The Morgan fingerprint density at radius 3 is 2.31 bits per heavy atom. The molecule has 8 nitrogen and oxygen atoms in total. The highest BCUT2D eigenvalue weighted by Crippen LogP contribution is 2.24. The summed E-state index contributed by atoms with van der Waals surface area (Å²) in [7, 11) is -4.06. The van der Waals surface area contributed by atoms with E-state index in [1.807, 2.05) is 18.2 Å². The van der Waals surface area contributed by atoms with Crippen LogP contribution in [0.5, 0.6) is 5.75 Å². The Morgan fingerprint density at radius 2 is 1.64 bits per heavy atom. The molecule has 0 radical (unpaired) electrons. The van der Waals surface area contributed by atoms with E-state index in [4.69, 9.17) is 14.6 Å². The first-order valence-electron chi connectivity index (χ1n) is 11.6. The summed E-state index contributed by atoms with van der Waals surface area (Å²) < 4.78 is 40.4. The van der Waals surface area contributed by atoms with Gasteiger partial charge in [0.05, 0.1) is 11.5 Å². The number of fused-ring (bicyclic) bond motifs is 1. The van der Waals surface area contributed by atoms with Crippen molar-refractivity contribution in [1.82, 2.24) is 4.72 Å². The summed E-state index contributed by atoms with van der Waals surface area (Å²) in [5.74, 6) is -1.01. The number of carboxylic acid groups (broad SMARTS) is 1. The van der Waals surface area contributed by atoms with Crippen LogP contribution in [0.2, 0.25) is 0 Å². The molecule has 36 heavy (non-hydrogen) atoms. The highest BCUT2D eigenvalue weighted by Gasteiger charge is 2.30. The molecule has 9 heteroatoms. The first kappa shape index (κ1) is 27.2. The number of benzene rings is 3. The quantitative estimate of drug-likeness (QED) is 0.290. The van der Waals surface area contributed by atoms with E-state index in [9.17, 15) is 18.0 Å². The largest absolute Gasteiger partial charge is 0.494 e. The van der Waals surface area contributed by atoms with Gasteiger partial charge in [0.1, 0.15) is 17.4 Å². The smallest absolute Gasteiger partial charge is 0.325 e. The molecule has 0 aliphatic carbocycles. The van der Waals surface area contributed by atoms with Gasteiger partial charge in [-0.3, -0.25) is 9.59 Å². The predicted molar refractivity (Wildman–Crippen MR) is 136 cm³/mol. The van der Waals surface area contributed by atoms with E-state index < -0.39 is 33.6 Å². The monoisotopic (exact) mass is 513 g/mol. The normalized spacial score (nSPS) is 12.8. The first-order valence-corrected chi connectivity index (χ1v) is 13.1. The molecule has 0 fully saturated rings. The van der Waals surface area contributed by atoms with Crippen molar-refractivity contribution in [3.63, 3.8) is 0 Å². The van der Waals surface area contributed by atoms with Gasteiger partial charge in [-0.2, -0.15) is 4.72 Å². The average Bonchev–Trinajstić information content (AvgIpc) is 2.80. The van der Waals surface area contributed by atoms with Crippen molar-refractivity contribution in [3.05, 3.63) is 72.3 Å². The number of esters is 1. The number of sulfonamides is 1. The Hall–Kier alpha value is -3.43. The fourth-order valence-corrected chi connectivity index (χ4v) is 5.01. The molecule has 3 aromatic carbocycles. The van der Waals surface area contributed by atoms with Crippen LogP contribution in [-0.2, 0) is 30.8 Å². The van der Waals surface area contributed by atoms with Crippen molar-refractivity contribution in [2.45, 2.75) is 56.6 Å². The van der Waals surface area contributed by atoms with Gasteiger partial charge >= 0.3 is 11.9 Å². The summed E-state index contributed by atoms with van der Waals surface area (Å²) in [6, 6.07) is 17.8. The summed E-state index contributed by atoms with van der Waals surface area (Å²) in [5.41, 5.74) is -0.0993. The van der Waals surface area contributed by atoms with Crippen LogP contribution in [0.1, 0.15) is 39.2 Å². The maximum atomic E-state index is 13.4. The van der Waals surface area contributed by atoms with Gasteiger partial charge in [-0.15, -0.1) is 0 Å². The SMILES string of the molecule is CC(C)(C)OC(=O)[C@H](Cc1ccc(OCCCC(=O)O)cc1)NS(=O)(=O)c1cccc2ccccc12. The van der Waals surface area contributed by atoms with E-state index in [0.29, 0.717) is 23.1 Å². The van der Waals surface area contributed by atoms with Gasteiger partial charge < -0.3 is 14.6 Å². The number of carbonyl (C=O) groups excluding carboxylic acids is 1. The summed E-state index contributed by atoms with van der Waals surface area (Å²) in [4.78, 5) is 23.7. The zero-order valence-electron chi connectivity index (χ0n) is 20.6. The van der Waals surface area contributed by atoms with E-state index in [1.54, 1.807) is 63.2 Å². The Labute approximate surface area is 211 Å². The number of carboxylic acids is 1. The lowest BCUT2D eigenvalue weighted by atomic mass is 10.1. The second kappa shape index (κ2) is 11.5. The number of rotatable bonds is 11. The van der Waals surface area contributed by atoms with Crippen LogP contribution in [0.4, 0.5) is 0 Å². The van der Waals surface area contributed by atoms with Gasteiger partial charge in [0.25, 0.3) is 0 Å². The third kappa shape index (κ3) is 7.79. The topological polar surface area (TPSA) is 119 Å². The molecular weight excluding hydrogens is 482 g/mol. The van der Waals surface area contributed by atoms with E-state index in [1.165, 1.54) is 6.07 Å². The zero-order chi connectivity index (χ0) is 26.3. The minimum absolute atomic E-state index is 0.0203. The molecule has 0 amide bonds. The molecule has 1 atom stereocenters. The second-order valence-corrected chi connectivity index (χ2v) is 11.1. The molecule has 192 valence electrons. The van der Waals surface area contributed by atoms with Gasteiger partial charge in [-0.25, -0.2) is 8.42 Å². The maximum absolute atomic E-state index is 13.4. The minimum Gasteiger partial charge on any atom is -0.494 e. The molecule has 0 heterocycles. The van der Waals surface area contributed by atoms with E-state index >= 15 is 0 Å². The Morgan fingerprint density at radius 1 is 0.972 bits per heavy atom. The van der Waals surface area contributed by atoms with E-state index in [0.717, 1.165) is 5.39 Å². The van der Waals surface area contributed by atoms with Gasteiger partial charge in [0.2, 0.25) is 10.0 Å². The molecule has 0 aliphatic rings. The van der Waals surface area contributed by atoms with Crippen molar-refractivity contribution in [2.75, 3.05) is 6.61 Å². The number of hydrogen-bond donors (Lipinski definition) is 2. The molecule has 0 saturated carbocycles. The number of nitrogens with one attached hydrogen (secondary N) is 1.